The molecule has 9 heteroatoms. The van der Waals surface area contributed by atoms with Gasteiger partial charge >= 0.3 is 6.03 Å². The number of carbonyl (C=O) groups excluding carboxylic acids is 3. The number of rotatable bonds is 5. The highest BCUT2D eigenvalue weighted by Gasteiger charge is 2.24. The molecule has 1 aliphatic heterocycles. The highest BCUT2D eigenvalue weighted by Crippen LogP contribution is 2.00. The van der Waals surface area contributed by atoms with Gasteiger partial charge in [0, 0.05) is 32.7 Å². The molecule has 1 saturated heterocycles. The van der Waals surface area contributed by atoms with Gasteiger partial charge in [-0.3, -0.25) is 19.8 Å². The third kappa shape index (κ3) is 6.59. The molecule has 1 heterocycles. The van der Waals surface area contributed by atoms with Crippen LogP contribution in [-0.2, 0) is 9.59 Å². The number of carbonyl (C=O) groups is 3. The predicted octanol–water partition coefficient (Wildman–Crippen LogP) is -0.994. The van der Waals surface area contributed by atoms with Gasteiger partial charge < -0.3 is 15.5 Å². The Kier molecular flexibility index (Phi) is 9.71. The molecule has 0 aromatic heterocycles. The number of nitrogens with one attached hydrogen (secondary N) is 3. The van der Waals surface area contributed by atoms with Crippen LogP contribution in [0.5, 0.6) is 0 Å². The second kappa shape index (κ2) is 10.4. The monoisotopic (exact) mass is 335 g/mol. The molecule has 1 atom stereocenters. The lowest BCUT2D eigenvalue weighted by atomic mass is 10.2. The molecule has 128 valence electrons. The maximum atomic E-state index is 12.1. The molecule has 0 saturated carbocycles. The number of imide groups is 1. The zero-order valence-corrected chi connectivity index (χ0v) is 14.2. The normalized spacial score (nSPS) is 15.7. The summed E-state index contributed by atoms with van der Waals surface area (Å²) in [6, 6.07) is -1.07. The first-order valence-corrected chi connectivity index (χ1v) is 7.23. The van der Waals surface area contributed by atoms with Crippen LogP contribution in [-0.4, -0.2) is 80.0 Å². The molecule has 0 bridgehead atoms. The van der Waals surface area contributed by atoms with Crippen LogP contribution < -0.4 is 16.0 Å². The predicted molar refractivity (Wildman–Crippen MR) is 86.0 cm³/mol. The van der Waals surface area contributed by atoms with E-state index < -0.39 is 18.0 Å². The molecular weight excluding hydrogens is 310 g/mol. The molecule has 1 unspecified atom stereocenters. The van der Waals surface area contributed by atoms with Crippen LogP contribution in [0.3, 0.4) is 0 Å². The van der Waals surface area contributed by atoms with Gasteiger partial charge in [-0.05, 0) is 20.9 Å². The average Bonchev–Trinajstić information content (AvgIpc) is 2.47. The van der Waals surface area contributed by atoms with E-state index in [4.69, 9.17) is 0 Å². The molecule has 1 fully saturated rings. The number of likely N-dealkylation sites (N-methyl/N-ethyl adjacent to an activating group) is 1. The average molecular weight is 336 g/mol. The van der Waals surface area contributed by atoms with Crippen molar-refractivity contribution >= 4 is 30.3 Å². The lowest BCUT2D eigenvalue weighted by molar-refractivity contribution is -0.134. The maximum Gasteiger partial charge on any atom is 0.321 e. The van der Waals surface area contributed by atoms with Crippen molar-refractivity contribution in [2.24, 2.45) is 0 Å². The first-order chi connectivity index (χ1) is 9.95. The van der Waals surface area contributed by atoms with Crippen LogP contribution in [0.2, 0.25) is 0 Å². The van der Waals surface area contributed by atoms with Gasteiger partial charge in [0.2, 0.25) is 11.8 Å². The summed E-state index contributed by atoms with van der Waals surface area (Å²) in [4.78, 5) is 38.7. The van der Waals surface area contributed by atoms with Crippen molar-refractivity contribution in [1.29, 1.82) is 0 Å². The van der Waals surface area contributed by atoms with Crippen LogP contribution in [0.15, 0.2) is 0 Å². The van der Waals surface area contributed by atoms with Gasteiger partial charge in [0.15, 0.2) is 0 Å². The van der Waals surface area contributed by atoms with Crippen LogP contribution in [0.25, 0.3) is 0 Å². The molecule has 0 aromatic rings. The summed E-state index contributed by atoms with van der Waals surface area (Å²) in [5.41, 5.74) is 0. The topological polar surface area (TPSA) is 93.8 Å². The number of hydrogen-bond donors (Lipinski definition) is 3. The Morgan fingerprint density at radius 2 is 1.86 bits per heavy atom. The third-order valence-corrected chi connectivity index (χ3v) is 3.47. The van der Waals surface area contributed by atoms with E-state index in [2.05, 4.69) is 16.0 Å². The number of nitrogens with zero attached hydrogens (tertiary/aromatic N) is 2. The summed E-state index contributed by atoms with van der Waals surface area (Å²) >= 11 is 0. The highest BCUT2D eigenvalue weighted by molar-refractivity contribution is 5.97. The number of hydrogen-bond acceptors (Lipinski definition) is 5. The van der Waals surface area contributed by atoms with Gasteiger partial charge in [-0.25, -0.2) is 4.79 Å². The second-order valence-electron chi connectivity index (χ2n) is 5.07. The van der Waals surface area contributed by atoms with Crippen molar-refractivity contribution in [3.05, 3.63) is 0 Å². The van der Waals surface area contributed by atoms with Gasteiger partial charge in [0.05, 0.1) is 12.6 Å². The molecule has 22 heavy (non-hydrogen) atoms. The fourth-order valence-corrected chi connectivity index (χ4v) is 1.99. The Morgan fingerprint density at radius 3 is 2.41 bits per heavy atom. The van der Waals surface area contributed by atoms with E-state index >= 15 is 0 Å². The van der Waals surface area contributed by atoms with E-state index in [9.17, 15) is 14.4 Å². The molecule has 1 aliphatic rings. The SMILES string of the molecule is CCNC(=O)NC(=O)C(C)N(C)CC(=O)N1CCNCC1.Cl. The minimum Gasteiger partial charge on any atom is -0.339 e. The minimum absolute atomic E-state index is 0. The quantitative estimate of drug-likeness (QED) is 0.599. The number of urea groups is 1. The Morgan fingerprint density at radius 1 is 1.27 bits per heavy atom. The Bertz CT molecular complexity index is 388. The molecule has 0 radical (unpaired) electrons. The summed E-state index contributed by atoms with van der Waals surface area (Å²) in [5.74, 6) is -0.423. The van der Waals surface area contributed by atoms with Crippen molar-refractivity contribution in [3.8, 4) is 0 Å². The van der Waals surface area contributed by atoms with Crippen molar-refractivity contribution < 1.29 is 14.4 Å². The lowest BCUT2D eigenvalue weighted by Gasteiger charge is -2.30. The summed E-state index contributed by atoms with van der Waals surface area (Å²) in [5, 5.41) is 7.92. The van der Waals surface area contributed by atoms with E-state index in [1.54, 1.807) is 30.7 Å². The Hall–Kier alpha value is -1.38. The molecule has 4 amide bonds. The van der Waals surface area contributed by atoms with Crippen molar-refractivity contribution in [2.75, 3.05) is 46.3 Å². The molecule has 3 N–H and O–H groups in total. The summed E-state index contributed by atoms with van der Waals surface area (Å²) in [6.45, 7) is 7.00. The zero-order chi connectivity index (χ0) is 15.8. The van der Waals surface area contributed by atoms with E-state index in [0.717, 1.165) is 13.1 Å². The molecule has 1 rings (SSSR count). The Labute approximate surface area is 137 Å². The van der Waals surface area contributed by atoms with Crippen molar-refractivity contribution in [2.45, 2.75) is 19.9 Å². The van der Waals surface area contributed by atoms with Crippen LogP contribution >= 0.6 is 12.4 Å². The number of piperazine rings is 1. The van der Waals surface area contributed by atoms with Crippen LogP contribution in [0.1, 0.15) is 13.8 Å². The third-order valence-electron chi connectivity index (χ3n) is 3.47. The van der Waals surface area contributed by atoms with Gasteiger partial charge in [-0.15, -0.1) is 12.4 Å². The first-order valence-electron chi connectivity index (χ1n) is 7.23. The van der Waals surface area contributed by atoms with Crippen molar-refractivity contribution in [3.63, 3.8) is 0 Å². The van der Waals surface area contributed by atoms with Gasteiger partial charge in [0.25, 0.3) is 0 Å². The molecule has 0 aromatic carbocycles. The van der Waals surface area contributed by atoms with Gasteiger partial charge in [0.1, 0.15) is 0 Å². The molecule has 8 nitrogen and oxygen atoms in total. The summed E-state index contributed by atoms with van der Waals surface area (Å²) < 4.78 is 0. The number of halogens is 1. The molecular formula is C13H26ClN5O3. The van der Waals surface area contributed by atoms with Gasteiger partial charge in [-0.2, -0.15) is 0 Å². The van der Waals surface area contributed by atoms with E-state index in [1.807, 2.05) is 0 Å². The maximum absolute atomic E-state index is 12.1. The van der Waals surface area contributed by atoms with Crippen molar-refractivity contribution in [1.82, 2.24) is 25.8 Å². The second-order valence-corrected chi connectivity index (χ2v) is 5.07. The van der Waals surface area contributed by atoms with E-state index in [1.165, 1.54) is 0 Å². The van der Waals surface area contributed by atoms with E-state index in [-0.39, 0.29) is 24.9 Å². The van der Waals surface area contributed by atoms with E-state index in [0.29, 0.717) is 19.6 Å². The van der Waals surface area contributed by atoms with Crippen LogP contribution in [0.4, 0.5) is 4.79 Å². The summed E-state index contributed by atoms with van der Waals surface area (Å²) in [7, 11) is 1.70. The van der Waals surface area contributed by atoms with Gasteiger partial charge in [-0.1, -0.05) is 0 Å². The Balaban J connectivity index is 0.00000441. The first kappa shape index (κ1) is 20.6. The minimum atomic E-state index is -0.556. The lowest BCUT2D eigenvalue weighted by Crippen LogP contribution is -2.53. The van der Waals surface area contributed by atoms with Crippen LogP contribution in [0, 0.1) is 0 Å². The molecule has 0 spiro atoms. The summed E-state index contributed by atoms with van der Waals surface area (Å²) in [6.07, 6.45) is 0. The fraction of sp³-hybridized carbons (Fsp3) is 0.769. The highest BCUT2D eigenvalue weighted by atomic mass is 35.5. The number of amides is 4. The zero-order valence-electron chi connectivity index (χ0n) is 13.3. The standard InChI is InChI=1S/C13H25N5O3.ClH/c1-4-15-13(21)16-12(20)10(2)17(3)9-11(19)18-7-5-14-6-8-18;/h10,14H,4-9H2,1-3H3,(H2,15,16,20,21);1H. The smallest absolute Gasteiger partial charge is 0.321 e. The largest absolute Gasteiger partial charge is 0.339 e. The molecule has 0 aliphatic carbocycles. The fourth-order valence-electron chi connectivity index (χ4n) is 1.99.